The van der Waals surface area contributed by atoms with Crippen molar-refractivity contribution in [1.82, 2.24) is 5.32 Å². The first-order chi connectivity index (χ1) is 9.60. The second-order valence-electron chi connectivity index (χ2n) is 5.14. The molecular weight excluding hydrogens is 268 g/mol. The van der Waals surface area contributed by atoms with Gasteiger partial charge in [-0.05, 0) is 12.8 Å². The largest absolute Gasteiger partial charge is 0.497 e. The molecule has 0 radical (unpaired) electrons. The summed E-state index contributed by atoms with van der Waals surface area (Å²) in [6, 6.07) is 1.94. The number of ether oxygens (including phenoxy) is 2. The Bertz CT molecular complexity index is 526. The molecule has 0 aromatic heterocycles. The Kier molecular flexibility index (Phi) is 3.33. The molecule has 108 valence electrons. The van der Waals surface area contributed by atoms with Crippen molar-refractivity contribution in [1.29, 1.82) is 0 Å². The number of rotatable bonds is 3. The van der Waals surface area contributed by atoms with Crippen molar-refractivity contribution in [2.75, 3.05) is 13.7 Å². The van der Waals surface area contributed by atoms with Crippen LogP contribution in [0.2, 0.25) is 0 Å². The van der Waals surface area contributed by atoms with Gasteiger partial charge in [0.25, 0.3) is 5.91 Å². The van der Waals surface area contributed by atoms with Crippen molar-refractivity contribution in [3.05, 3.63) is 29.3 Å². The molecule has 1 N–H and O–H groups in total. The van der Waals surface area contributed by atoms with Gasteiger partial charge in [-0.2, -0.15) is 0 Å². The van der Waals surface area contributed by atoms with E-state index in [2.05, 4.69) is 5.32 Å². The van der Waals surface area contributed by atoms with Gasteiger partial charge >= 0.3 is 0 Å². The Morgan fingerprint density at radius 2 is 2.10 bits per heavy atom. The molecule has 0 spiro atoms. The van der Waals surface area contributed by atoms with Crippen LogP contribution in [0.1, 0.15) is 23.2 Å². The van der Waals surface area contributed by atoms with Crippen LogP contribution in [-0.2, 0) is 4.74 Å². The van der Waals surface area contributed by atoms with Gasteiger partial charge in [-0.25, -0.2) is 8.78 Å². The predicted molar refractivity (Wildman–Crippen MR) is 66.6 cm³/mol. The summed E-state index contributed by atoms with van der Waals surface area (Å²) in [5.41, 5.74) is -0.562. The minimum atomic E-state index is -0.919. The Hall–Kier alpha value is -1.69. The molecule has 4 nitrogen and oxygen atoms in total. The third kappa shape index (κ3) is 2.14. The molecule has 1 heterocycles. The molecule has 6 heteroatoms. The van der Waals surface area contributed by atoms with Crippen LogP contribution in [0, 0.1) is 17.6 Å². The number of nitrogens with one attached hydrogen (secondary N) is 1. The molecule has 2 fully saturated rings. The van der Waals surface area contributed by atoms with Crippen molar-refractivity contribution in [3.8, 4) is 5.75 Å². The van der Waals surface area contributed by atoms with E-state index in [9.17, 15) is 13.6 Å². The van der Waals surface area contributed by atoms with E-state index < -0.39 is 23.1 Å². The van der Waals surface area contributed by atoms with E-state index in [0.717, 1.165) is 18.6 Å². The quantitative estimate of drug-likeness (QED) is 0.921. The molecule has 1 aliphatic heterocycles. The molecule has 2 aliphatic rings. The normalized spacial score (nSPS) is 27.6. The van der Waals surface area contributed by atoms with Crippen molar-refractivity contribution < 1.29 is 23.0 Å². The van der Waals surface area contributed by atoms with Crippen LogP contribution in [0.3, 0.4) is 0 Å². The molecule has 0 unspecified atom stereocenters. The number of fused-ring (bicyclic) bond motifs is 1. The van der Waals surface area contributed by atoms with Gasteiger partial charge < -0.3 is 14.8 Å². The Balaban J connectivity index is 1.74. The number of carbonyl (C=O) groups is 1. The van der Waals surface area contributed by atoms with E-state index in [4.69, 9.17) is 9.47 Å². The monoisotopic (exact) mass is 283 g/mol. The zero-order valence-electron chi connectivity index (χ0n) is 11.0. The minimum absolute atomic E-state index is 0.0458. The van der Waals surface area contributed by atoms with Crippen molar-refractivity contribution in [3.63, 3.8) is 0 Å². The summed E-state index contributed by atoms with van der Waals surface area (Å²) >= 11 is 0. The van der Waals surface area contributed by atoms with Crippen LogP contribution >= 0.6 is 0 Å². The second-order valence-corrected chi connectivity index (χ2v) is 5.14. The molecule has 1 saturated heterocycles. The maximum Gasteiger partial charge on any atom is 0.257 e. The topological polar surface area (TPSA) is 47.6 Å². The summed E-state index contributed by atoms with van der Waals surface area (Å²) in [4.78, 5) is 12.0. The van der Waals surface area contributed by atoms with Crippen LogP contribution in [0.4, 0.5) is 8.78 Å². The lowest BCUT2D eigenvalue weighted by atomic mass is 9.76. The average molecular weight is 283 g/mol. The summed E-state index contributed by atoms with van der Waals surface area (Å²) in [7, 11) is 1.31. The number of carbonyl (C=O) groups excluding carboxylic acids is 1. The number of benzene rings is 1. The SMILES string of the molecule is COc1cc(F)c(C(=O)N[C@@H]2C[C@H]3OCC[C@@H]23)c(F)c1. The van der Waals surface area contributed by atoms with Gasteiger partial charge in [-0.15, -0.1) is 0 Å². The fraction of sp³-hybridized carbons (Fsp3) is 0.500. The van der Waals surface area contributed by atoms with Gasteiger partial charge in [-0.1, -0.05) is 0 Å². The maximum absolute atomic E-state index is 13.8. The third-order valence-corrected chi connectivity index (χ3v) is 4.06. The van der Waals surface area contributed by atoms with Crippen LogP contribution in [0.25, 0.3) is 0 Å². The Labute approximate surface area is 115 Å². The average Bonchev–Trinajstić information content (AvgIpc) is 2.76. The lowest BCUT2D eigenvalue weighted by Gasteiger charge is -2.39. The molecule has 1 aromatic carbocycles. The molecule has 0 bridgehead atoms. The number of hydrogen-bond donors (Lipinski definition) is 1. The van der Waals surface area contributed by atoms with Gasteiger partial charge in [0.05, 0.1) is 13.2 Å². The maximum atomic E-state index is 13.8. The van der Waals surface area contributed by atoms with Crippen LogP contribution in [0.15, 0.2) is 12.1 Å². The van der Waals surface area contributed by atoms with Crippen molar-refractivity contribution in [2.24, 2.45) is 5.92 Å². The molecule has 3 atom stereocenters. The van der Waals surface area contributed by atoms with E-state index in [1.807, 2.05) is 0 Å². The van der Waals surface area contributed by atoms with Gasteiger partial charge in [-0.3, -0.25) is 4.79 Å². The fourth-order valence-electron chi connectivity index (χ4n) is 2.89. The third-order valence-electron chi connectivity index (χ3n) is 4.06. The Morgan fingerprint density at radius 1 is 1.40 bits per heavy atom. The highest BCUT2D eigenvalue weighted by Gasteiger charge is 2.46. The smallest absolute Gasteiger partial charge is 0.257 e. The van der Waals surface area contributed by atoms with Gasteiger partial charge in [0.2, 0.25) is 0 Å². The number of amides is 1. The molecule has 20 heavy (non-hydrogen) atoms. The minimum Gasteiger partial charge on any atom is -0.497 e. The van der Waals surface area contributed by atoms with Crippen molar-refractivity contribution in [2.45, 2.75) is 25.0 Å². The van der Waals surface area contributed by atoms with E-state index in [1.165, 1.54) is 7.11 Å². The van der Waals surface area contributed by atoms with E-state index >= 15 is 0 Å². The van der Waals surface area contributed by atoms with E-state index in [-0.39, 0.29) is 23.8 Å². The number of halogens is 2. The first-order valence-electron chi connectivity index (χ1n) is 6.55. The number of methoxy groups -OCH3 is 1. The van der Waals surface area contributed by atoms with Crippen LogP contribution in [0.5, 0.6) is 5.75 Å². The number of hydrogen-bond acceptors (Lipinski definition) is 3. The van der Waals surface area contributed by atoms with Crippen LogP contribution < -0.4 is 10.1 Å². The standard InChI is InChI=1S/C14H15F2NO3/c1-19-7-4-9(15)13(10(16)5-7)14(18)17-11-6-12-8(11)2-3-20-12/h4-5,8,11-12H,2-3,6H2,1H3,(H,17,18)/t8-,11+,12+/m0/s1. The summed E-state index contributed by atoms with van der Waals surface area (Å²) in [5, 5.41) is 2.68. The van der Waals surface area contributed by atoms with E-state index in [0.29, 0.717) is 13.0 Å². The van der Waals surface area contributed by atoms with Crippen molar-refractivity contribution >= 4 is 5.91 Å². The molecule has 1 amide bonds. The highest BCUT2D eigenvalue weighted by Crippen LogP contribution is 2.38. The van der Waals surface area contributed by atoms with Gasteiger partial charge in [0.1, 0.15) is 22.9 Å². The Morgan fingerprint density at radius 3 is 2.70 bits per heavy atom. The summed E-state index contributed by atoms with van der Waals surface area (Å²) < 4.78 is 37.8. The van der Waals surface area contributed by atoms with Crippen LogP contribution in [-0.4, -0.2) is 31.8 Å². The summed E-state index contributed by atoms with van der Waals surface area (Å²) in [5.74, 6) is -2.25. The second kappa shape index (κ2) is 5.01. The fourth-order valence-corrected chi connectivity index (χ4v) is 2.89. The van der Waals surface area contributed by atoms with Gasteiger partial charge in [0.15, 0.2) is 0 Å². The van der Waals surface area contributed by atoms with E-state index in [1.54, 1.807) is 0 Å². The molecule has 3 rings (SSSR count). The summed E-state index contributed by atoms with van der Waals surface area (Å²) in [6.07, 6.45) is 1.77. The molecule has 1 aliphatic carbocycles. The zero-order chi connectivity index (χ0) is 14.3. The first-order valence-corrected chi connectivity index (χ1v) is 6.55. The molecule has 1 saturated carbocycles. The van der Waals surface area contributed by atoms with Gasteiger partial charge in [0, 0.05) is 30.7 Å². The lowest BCUT2D eigenvalue weighted by Crippen LogP contribution is -2.53. The summed E-state index contributed by atoms with van der Waals surface area (Å²) in [6.45, 7) is 0.687. The lowest BCUT2D eigenvalue weighted by molar-refractivity contribution is 0.00799. The highest BCUT2D eigenvalue weighted by atomic mass is 19.1. The predicted octanol–water partition coefficient (Wildman–Crippen LogP) is 1.88. The zero-order valence-corrected chi connectivity index (χ0v) is 11.0. The molecular formula is C14H15F2NO3. The first kappa shape index (κ1) is 13.3. The highest BCUT2D eigenvalue weighted by molar-refractivity contribution is 5.95. The molecule has 1 aromatic rings.